The molecule has 0 aliphatic rings. The molecular formula is C13H15FN2OS. The van der Waals surface area contributed by atoms with Crippen molar-refractivity contribution < 1.29 is 9.18 Å². The summed E-state index contributed by atoms with van der Waals surface area (Å²) in [6.45, 7) is 1.89. The summed E-state index contributed by atoms with van der Waals surface area (Å²) in [5, 5.41) is 8.40. The summed E-state index contributed by atoms with van der Waals surface area (Å²) >= 11 is 1.29. The number of carbonyl (C=O) groups excluding carboxylic acids is 1. The standard InChI is InChI=1S/C13H15FN2OS/c1-10(11-3-5-12(14)6-4-11)16(2)13(17)9-18-8-7-15/h3-6,10H,8-9H2,1-2H3/t10-/m0/s1. The molecule has 0 N–H and O–H groups in total. The van der Waals surface area contributed by atoms with E-state index >= 15 is 0 Å². The van der Waals surface area contributed by atoms with Crippen molar-refractivity contribution in [3.05, 3.63) is 35.6 Å². The van der Waals surface area contributed by atoms with Gasteiger partial charge in [-0.2, -0.15) is 5.26 Å². The SMILES string of the molecule is C[C@@H](c1ccc(F)cc1)N(C)C(=O)CSCC#N. The number of nitrogens with zero attached hydrogens (tertiary/aromatic N) is 2. The molecule has 0 unspecified atom stereocenters. The first-order valence-electron chi connectivity index (χ1n) is 5.52. The maximum absolute atomic E-state index is 12.8. The fourth-order valence-electron chi connectivity index (χ4n) is 1.47. The van der Waals surface area contributed by atoms with E-state index in [0.717, 1.165) is 5.56 Å². The number of carbonyl (C=O) groups is 1. The topological polar surface area (TPSA) is 44.1 Å². The minimum Gasteiger partial charge on any atom is -0.338 e. The molecular weight excluding hydrogens is 251 g/mol. The van der Waals surface area contributed by atoms with Gasteiger partial charge in [0.05, 0.1) is 23.6 Å². The summed E-state index contributed by atoms with van der Waals surface area (Å²) < 4.78 is 12.8. The Morgan fingerprint density at radius 3 is 2.67 bits per heavy atom. The van der Waals surface area contributed by atoms with Crippen LogP contribution in [0.5, 0.6) is 0 Å². The highest BCUT2D eigenvalue weighted by atomic mass is 32.2. The van der Waals surface area contributed by atoms with Gasteiger partial charge >= 0.3 is 0 Å². The van der Waals surface area contributed by atoms with Gasteiger partial charge in [-0.3, -0.25) is 4.79 Å². The van der Waals surface area contributed by atoms with Gasteiger partial charge in [-0.25, -0.2) is 4.39 Å². The second-order valence-corrected chi connectivity index (χ2v) is 4.87. The molecule has 0 heterocycles. The summed E-state index contributed by atoms with van der Waals surface area (Å²) in [4.78, 5) is 13.4. The molecule has 96 valence electrons. The largest absolute Gasteiger partial charge is 0.338 e. The zero-order chi connectivity index (χ0) is 13.5. The zero-order valence-electron chi connectivity index (χ0n) is 10.4. The third-order valence-corrected chi connectivity index (χ3v) is 3.50. The molecule has 1 rings (SSSR count). The van der Waals surface area contributed by atoms with Crippen LogP contribution < -0.4 is 0 Å². The Labute approximate surface area is 111 Å². The van der Waals surface area contributed by atoms with Crippen LogP contribution in [0.2, 0.25) is 0 Å². The highest BCUT2D eigenvalue weighted by Gasteiger charge is 2.17. The molecule has 1 aromatic carbocycles. The molecule has 0 saturated carbocycles. The van der Waals surface area contributed by atoms with Crippen LogP contribution in [0.25, 0.3) is 0 Å². The Balaban J connectivity index is 2.60. The van der Waals surface area contributed by atoms with Crippen molar-refractivity contribution in [3.8, 4) is 6.07 Å². The van der Waals surface area contributed by atoms with Crippen LogP contribution in [0.3, 0.4) is 0 Å². The lowest BCUT2D eigenvalue weighted by Crippen LogP contribution is -2.31. The van der Waals surface area contributed by atoms with Gasteiger partial charge in [0.2, 0.25) is 5.91 Å². The Morgan fingerprint density at radius 1 is 1.50 bits per heavy atom. The fraction of sp³-hybridized carbons (Fsp3) is 0.385. The van der Waals surface area contributed by atoms with Gasteiger partial charge in [0.1, 0.15) is 5.82 Å². The quantitative estimate of drug-likeness (QED) is 0.769. The molecule has 0 spiro atoms. The molecule has 0 bridgehead atoms. The van der Waals surface area contributed by atoms with E-state index in [1.807, 2.05) is 13.0 Å². The van der Waals surface area contributed by atoms with E-state index in [0.29, 0.717) is 5.75 Å². The van der Waals surface area contributed by atoms with Crippen LogP contribution in [-0.4, -0.2) is 29.4 Å². The van der Waals surface area contributed by atoms with Crippen molar-refractivity contribution in [2.75, 3.05) is 18.6 Å². The predicted octanol–water partition coefficient (Wildman–Crippen LogP) is 2.60. The Morgan fingerprint density at radius 2 is 2.11 bits per heavy atom. The maximum Gasteiger partial charge on any atom is 0.232 e. The molecule has 1 amide bonds. The smallest absolute Gasteiger partial charge is 0.232 e. The van der Waals surface area contributed by atoms with Crippen molar-refractivity contribution in [1.29, 1.82) is 5.26 Å². The maximum atomic E-state index is 12.8. The van der Waals surface area contributed by atoms with Gasteiger partial charge < -0.3 is 4.90 Å². The highest BCUT2D eigenvalue weighted by Crippen LogP contribution is 2.19. The van der Waals surface area contributed by atoms with Crippen LogP contribution in [0.15, 0.2) is 24.3 Å². The number of amides is 1. The zero-order valence-corrected chi connectivity index (χ0v) is 11.2. The van der Waals surface area contributed by atoms with Gasteiger partial charge in [-0.1, -0.05) is 12.1 Å². The number of hydrogen-bond donors (Lipinski definition) is 0. The fourth-order valence-corrected chi connectivity index (χ4v) is 2.04. The summed E-state index contributed by atoms with van der Waals surface area (Å²) in [6.07, 6.45) is 0. The molecule has 1 aromatic rings. The van der Waals surface area contributed by atoms with Gasteiger partial charge in [-0.15, -0.1) is 11.8 Å². The van der Waals surface area contributed by atoms with Crippen molar-refractivity contribution in [2.45, 2.75) is 13.0 Å². The molecule has 3 nitrogen and oxygen atoms in total. The Bertz CT molecular complexity index is 441. The molecule has 0 radical (unpaired) electrons. The number of thioether (sulfide) groups is 1. The summed E-state index contributed by atoms with van der Waals surface area (Å²) in [5.41, 5.74) is 0.887. The van der Waals surface area contributed by atoms with Crippen molar-refractivity contribution in [3.63, 3.8) is 0 Å². The highest BCUT2D eigenvalue weighted by molar-refractivity contribution is 8.00. The average molecular weight is 266 g/mol. The van der Waals surface area contributed by atoms with E-state index in [9.17, 15) is 9.18 Å². The van der Waals surface area contributed by atoms with Crippen LogP contribution in [0.4, 0.5) is 4.39 Å². The first kappa shape index (κ1) is 14.5. The Hall–Kier alpha value is -1.54. The average Bonchev–Trinajstić information content (AvgIpc) is 2.38. The lowest BCUT2D eigenvalue weighted by Gasteiger charge is -2.25. The van der Waals surface area contributed by atoms with E-state index in [4.69, 9.17) is 5.26 Å². The number of hydrogen-bond acceptors (Lipinski definition) is 3. The van der Waals surface area contributed by atoms with Crippen molar-refractivity contribution in [1.82, 2.24) is 4.90 Å². The number of benzene rings is 1. The van der Waals surface area contributed by atoms with E-state index in [1.165, 1.54) is 23.9 Å². The molecule has 1 atom stereocenters. The van der Waals surface area contributed by atoms with Gasteiger partial charge in [0.15, 0.2) is 0 Å². The number of rotatable bonds is 5. The molecule has 18 heavy (non-hydrogen) atoms. The van der Waals surface area contributed by atoms with E-state index in [1.54, 1.807) is 24.1 Å². The van der Waals surface area contributed by atoms with Crippen LogP contribution in [0, 0.1) is 17.1 Å². The summed E-state index contributed by atoms with van der Waals surface area (Å²) in [7, 11) is 1.71. The van der Waals surface area contributed by atoms with Crippen molar-refractivity contribution in [2.24, 2.45) is 0 Å². The van der Waals surface area contributed by atoms with E-state index in [2.05, 4.69) is 0 Å². The lowest BCUT2D eigenvalue weighted by atomic mass is 10.1. The first-order valence-corrected chi connectivity index (χ1v) is 6.67. The third kappa shape index (κ3) is 4.04. The van der Waals surface area contributed by atoms with Crippen LogP contribution >= 0.6 is 11.8 Å². The minimum absolute atomic E-state index is 0.0351. The normalized spacial score (nSPS) is 11.7. The summed E-state index contributed by atoms with van der Waals surface area (Å²) in [5.74, 6) is 0.275. The van der Waals surface area contributed by atoms with Gasteiger partial charge in [0, 0.05) is 7.05 Å². The molecule has 0 aliphatic carbocycles. The second-order valence-electron chi connectivity index (χ2n) is 3.88. The minimum atomic E-state index is -0.287. The number of halogens is 1. The lowest BCUT2D eigenvalue weighted by molar-refractivity contribution is -0.128. The van der Waals surface area contributed by atoms with Crippen molar-refractivity contribution >= 4 is 17.7 Å². The Kier molecular flexibility index (Phi) is 5.66. The van der Waals surface area contributed by atoms with Crippen LogP contribution in [-0.2, 0) is 4.79 Å². The van der Waals surface area contributed by atoms with Crippen LogP contribution in [0.1, 0.15) is 18.5 Å². The second kappa shape index (κ2) is 7.02. The third-order valence-electron chi connectivity index (χ3n) is 2.72. The van der Waals surface area contributed by atoms with E-state index in [-0.39, 0.29) is 23.5 Å². The summed E-state index contributed by atoms with van der Waals surface area (Å²) in [6, 6.07) is 7.98. The first-order chi connectivity index (χ1) is 8.56. The molecule has 0 aromatic heterocycles. The van der Waals surface area contributed by atoms with E-state index < -0.39 is 0 Å². The molecule has 5 heteroatoms. The molecule has 0 fully saturated rings. The monoisotopic (exact) mass is 266 g/mol. The van der Waals surface area contributed by atoms with Gasteiger partial charge in [-0.05, 0) is 24.6 Å². The predicted molar refractivity (Wildman–Crippen MR) is 70.5 cm³/mol. The van der Waals surface area contributed by atoms with Gasteiger partial charge in [0.25, 0.3) is 0 Å². The molecule has 0 saturated heterocycles. The number of nitriles is 1. The molecule has 0 aliphatic heterocycles.